The van der Waals surface area contributed by atoms with Gasteiger partial charge in [-0.1, -0.05) is 0 Å². The van der Waals surface area contributed by atoms with Gasteiger partial charge in [0, 0.05) is 26.1 Å². The Bertz CT molecular complexity index is 367. The van der Waals surface area contributed by atoms with Crippen LogP contribution in [0.2, 0.25) is 0 Å². The van der Waals surface area contributed by atoms with E-state index in [1.54, 1.807) is 0 Å². The van der Waals surface area contributed by atoms with Crippen molar-refractivity contribution in [1.82, 2.24) is 9.80 Å². The van der Waals surface area contributed by atoms with Crippen molar-refractivity contribution in [2.45, 2.75) is 19.0 Å². The molecule has 0 aromatic rings. The van der Waals surface area contributed by atoms with Crippen LogP contribution in [-0.4, -0.2) is 60.8 Å². The number of morpholine rings is 1. The molecule has 0 aromatic carbocycles. The highest BCUT2D eigenvalue weighted by Gasteiger charge is 2.45. The van der Waals surface area contributed by atoms with E-state index in [0.717, 1.165) is 4.90 Å². The first-order chi connectivity index (χ1) is 8.89. The minimum absolute atomic E-state index is 0.167. The van der Waals surface area contributed by atoms with Crippen molar-refractivity contribution in [3.8, 4) is 0 Å². The molecule has 0 bridgehead atoms. The van der Waals surface area contributed by atoms with Crippen LogP contribution >= 0.6 is 0 Å². The van der Waals surface area contributed by atoms with E-state index in [9.17, 15) is 22.8 Å². The fourth-order valence-electron chi connectivity index (χ4n) is 2.24. The summed E-state index contributed by atoms with van der Waals surface area (Å²) < 4.78 is 42.6. The number of nitrogens with zero attached hydrogens (tertiary/aromatic N) is 2. The van der Waals surface area contributed by atoms with Crippen molar-refractivity contribution < 1.29 is 27.5 Å². The van der Waals surface area contributed by atoms with Crippen molar-refractivity contribution in [3.05, 3.63) is 0 Å². The van der Waals surface area contributed by atoms with Crippen molar-refractivity contribution >= 4 is 11.9 Å². The average molecular weight is 280 g/mol. The highest BCUT2D eigenvalue weighted by molar-refractivity contribution is 5.95. The van der Waals surface area contributed by atoms with Crippen molar-refractivity contribution in [2.24, 2.45) is 5.92 Å². The number of urea groups is 1. The van der Waals surface area contributed by atoms with E-state index >= 15 is 0 Å². The lowest BCUT2D eigenvalue weighted by Crippen LogP contribution is -2.53. The SMILES string of the molecule is O=C1CC(C(F)(F)F)CCN1C(=O)N1CCOCC1. The number of alkyl halides is 3. The number of carbonyl (C=O) groups excluding carboxylic acids is 2. The number of imide groups is 1. The normalized spacial score (nSPS) is 25.6. The van der Waals surface area contributed by atoms with Crippen LogP contribution in [0.25, 0.3) is 0 Å². The zero-order valence-corrected chi connectivity index (χ0v) is 10.3. The first kappa shape index (κ1) is 14.1. The Morgan fingerprint density at radius 1 is 1.21 bits per heavy atom. The van der Waals surface area contributed by atoms with Crippen LogP contribution in [0.5, 0.6) is 0 Å². The number of hydrogen-bond acceptors (Lipinski definition) is 3. The highest BCUT2D eigenvalue weighted by Crippen LogP contribution is 2.34. The first-order valence-corrected chi connectivity index (χ1v) is 6.13. The second kappa shape index (κ2) is 5.36. The lowest BCUT2D eigenvalue weighted by molar-refractivity contribution is -0.188. The summed E-state index contributed by atoms with van der Waals surface area (Å²) in [6, 6.07) is -0.506. The Morgan fingerprint density at radius 3 is 2.37 bits per heavy atom. The van der Waals surface area contributed by atoms with E-state index in [1.807, 2.05) is 0 Å². The van der Waals surface area contributed by atoms with Gasteiger partial charge in [0.15, 0.2) is 0 Å². The molecule has 19 heavy (non-hydrogen) atoms. The monoisotopic (exact) mass is 280 g/mol. The van der Waals surface area contributed by atoms with Gasteiger partial charge >= 0.3 is 12.2 Å². The van der Waals surface area contributed by atoms with Crippen molar-refractivity contribution in [1.29, 1.82) is 0 Å². The molecule has 108 valence electrons. The molecule has 8 heteroatoms. The fourth-order valence-corrected chi connectivity index (χ4v) is 2.24. The maximum absolute atomic E-state index is 12.5. The summed E-state index contributed by atoms with van der Waals surface area (Å²) in [6.07, 6.45) is -5.23. The van der Waals surface area contributed by atoms with Crippen LogP contribution in [-0.2, 0) is 9.53 Å². The van der Waals surface area contributed by atoms with E-state index in [0.29, 0.717) is 26.3 Å². The van der Waals surface area contributed by atoms with Gasteiger partial charge < -0.3 is 9.64 Å². The molecule has 2 saturated heterocycles. The molecule has 1 atom stereocenters. The summed E-state index contributed by atoms with van der Waals surface area (Å²) in [5, 5.41) is 0. The second-order valence-electron chi connectivity index (χ2n) is 4.66. The molecule has 2 aliphatic heterocycles. The zero-order chi connectivity index (χ0) is 14.0. The summed E-state index contributed by atoms with van der Waals surface area (Å²) in [7, 11) is 0. The van der Waals surface area contributed by atoms with E-state index in [-0.39, 0.29) is 13.0 Å². The number of piperidine rings is 1. The number of ether oxygens (including phenoxy) is 1. The summed E-state index contributed by atoms with van der Waals surface area (Å²) in [4.78, 5) is 26.1. The Morgan fingerprint density at radius 2 is 1.84 bits per heavy atom. The summed E-state index contributed by atoms with van der Waals surface area (Å²) in [5.74, 6) is -2.38. The van der Waals surface area contributed by atoms with Crippen LogP contribution in [0.1, 0.15) is 12.8 Å². The van der Waals surface area contributed by atoms with E-state index in [4.69, 9.17) is 4.74 Å². The quantitative estimate of drug-likeness (QED) is 0.671. The standard InChI is InChI=1S/C11H15F3N2O3/c12-11(13,14)8-1-2-16(9(17)7-8)10(18)15-3-5-19-6-4-15/h8H,1-7H2. The van der Waals surface area contributed by atoms with E-state index in [2.05, 4.69) is 0 Å². The van der Waals surface area contributed by atoms with Gasteiger partial charge in [-0.2, -0.15) is 13.2 Å². The maximum Gasteiger partial charge on any atom is 0.392 e. The van der Waals surface area contributed by atoms with Crippen LogP contribution in [0.4, 0.5) is 18.0 Å². The molecule has 0 N–H and O–H groups in total. The second-order valence-corrected chi connectivity index (χ2v) is 4.66. The number of rotatable bonds is 0. The molecule has 5 nitrogen and oxygen atoms in total. The lowest BCUT2D eigenvalue weighted by atomic mass is 9.96. The van der Waals surface area contributed by atoms with Crippen LogP contribution in [0, 0.1) is 5.92 Å². The van der Waals surface area contributed by atoms with E-state index < -0.39 is 30.5 Å². The number of halogens is 3. The topological polar surface area (TPSA) is 49.9 Å². The maximum atomic E-state index is 12.5. The predicted octanol–water partition coefficient (Wildman–Crippen LogP) is 1.24. The fraction of sp³-hybridized carbons (Fsp3) is 0.818. The van der Waals surface area contributed by atoms with Crippen molar-refractivity contribution in [3.63, 3.8) is 0 Å². The predicted molar refractivity (Wildman–Crippen MR) is 58.3 cm³/mol. The molecule has 2 rings (SSSR count). The average Bonchev–Trinajstić information content (AvgIpc) is 2.38. The van der Waals surface area contributed by atoms with Crippen LogP contribution in [0.3, 0.4) is 0 Å². The van der Waals surface area contributed by atoms with Gasteiger partial charge in [-0.05, 0) is 6.42 Å². The molecule has 2 aliphatic rings. The Hall–Kier alpha value is -1.31. The molecule has 3 amide bonds. The Labute approximate surface area is 108 Å². The van der Waals surface area contributed by atoms with Gasteiger partial charge in [-0.25, -0.2) is 4.79 Å². The first-order valence-electron chi connectivity index (χ1n) is 6.13. The molecular weight excluding hydrogens is 265 g/mol. The molecule has 1 unspecified atom stereocenters. The lowest BCUT2D eigenvalue weighted by Gasteiger charge is -2.36. The smallest absolute Gasteiger partial charge is 0.378 e. The molecule has 0 aromatic heterocycles. The minimum Gasteiger partial charge on any atom is -0.378 e. The zero-order valence-electron chi connectivity index (χ0n) is 10.3. The molecule has 2 heterocycles. The number of likely N-dealkylation sites (tertiary alicyclic amines) is 1. The Kier molecular flexibility index (Phi) is 3.98. The molecule has 0 radical (unpaired) electrons. The third-order valence-electron chi connectivity index (χ3n) is 3.40. The van der Waals surface area contributed by atoms with Gasteiger partial charge in [0.25, 0.3) is 0 Å². The van der Waals surface area contributed by atoms with Crippen LogP contribution < -0.4 is 0 Å². The molecular formula is C11H15F3N2O3. The largest absolute Gasteiger partial charge is 0.392 e. The summed E-state index contributed by atoms with van der Waals surface area (Å²) in [6.45, 7) is 1.34. The van der Waals surface area contributed by atoms with Gasteiger partial charge in [0.1, 0.15) is 0 Å². The van der Waals surface area contributed by atoms with Gasteiger partial charge in [0.2, 0.25) is 5.91 Å². The van der Waals surface area contributed by atoms with Gasteiger partial charge in [-0.3, -0.25) is 9.69 Å². The number of carbonyl (C=O) groups is 2. The van der Waals surface area contributed by atoms with Crippen LogP contribution in [0.15, 0.2) is 0 Å². The van der Waals surface area contributed by atoms with Gasteiger partial charge in [0.05, 0.1) is 19.1 Å². The number of amides is 3. The highest BCUT2D eigenvalue weighted by atomic mass is 19.4. The molecule has 0 saturated carbocycles. The van der Waals surface area contributed by atoms with Crippen molar-refractivity contribution in [2.75, 3.05) is 32.8 Å². The number of hydrogen-bond donors (Lipinski definition) is 0. The Balaban J connectivity index is 1.96. The van der Waals surface area contributed by atoms with E-state index in [1.165, 1.54) is 4.90 Å². The molecule has 0 spiro atoms. The third-order valence-corrected chi connectivity index (χ3v) is 3.40. The molecule has 0 aliphatic carbocycles. The summed E-state index contributed by atoms with van der Waals surface area (Å²) in [5.41, 5.74) is 0. The minimum atomic E-state index is -4.37. The molecule has 2 fully saturated rings. The summed E-state index contributed by atoms with van der Waals surface area (Å²) >= 11 is 0. The third kappa shape index (κ3) is 3.17. The van der Waals surface area contributed by atoms with Gasteiger partial charge in [-0.15, -0.1) is 0 Å².